The largest absolute Gasteiger partial charge is 0.356 e. The lowest BCUT2D eigenvalue weighted by molar-refractivity contribution is -0.121. The van der Waals surface area contributed by atoms with Crippen molar-refractivity contribution in [2.45, 2.75) is 32.1 Å². The van der Waals surface area contributed by atoms with Gasteiger partial charge in [0.1, 0.15) is 0 Å². The van der Waals surface area contributed by atoms with E-state index in [1.54, 1.807) is 0 Å². The molecule has 1 fully saturated rings. The molecule has 5 heteroatoms. The van der Waals surface area contributed by atoms with E-state index in [1.807, 2.05) is 53.4 Å². The van der Waals surface area contributed by atoms with Crippen molar-refractivity contribution < 1.29 is 9.59 Å². The maximum Gasteiger partial charge on any atom is 0.321 e. The van der Waals surface area contributed by atoms with Crippen molar-refractivity contribution in [1.82, 2.24) is 10.2 Å². The molecule has 2 aromatic carbocycles. The summed E-state index contributed by atoms with van der Waals surface area (Å²) in [6.07, 6.45) is 4.26. The predicted octanol–water partition coefficient (Wildman–Crippen LogP) is 4.07. The summed E-state index contributed by atoms with van der Waals surface area (Å²) in [5.74, 6) is 0.679. The zero-order chi connectivity index (χ0) is 19.6. The molecule has 0 spiro atoms. The normalized spacial score (nSPS) is 14.5. The van der Waals surface area contributed by atoms with Gasteiger partial charge in [-0.15, -0.1) is 0 Å². The average Bonchev–Trinajstić information content (AvgIpc) is 2.74. The number of benzene rings is 2. The highest BCUT2D eigenvalue weighted by molar-refractivity contribution is 5.89. The minimum atomic E-state index is -0.0288. The van der Waals surface area contributed by atoms with Crippen LogP contribution in [0, 0.1) is 5.92 Å². The van der Waals surface area contributed by atoms with Crippen LogP contribution in [0.2, 0.25) is 0 Å². The Labute approximate surface area is 167 Å². The van der Waals surface area contributed by atoms with Crippen molar-refractivity contribution >= 4 is 17.6 Å². The molecular formula is C23H29N3O2. The zero-order valence-corrected chi connectivity index (χ0v) is 16.3. The van der Waals surface area contributed by atoms with Crippen LogP contribution >= 0.6 is 0 Å². The van der Waals surface area contributed by atoms with E-state index >= 15 is 0 Å². The fraction of sp³-hybridized carbons (Fsp3) is 0.391. The van der Waals surface area contributed by atoms with Gasteiger partial charge in [0.25, 0.3) is 0 Å². The molecule has 148 valence electrons. The van der Waals surface area contributed by atoms with Crippen LogP contribution < -0.4 is 10.6 Å². The molecule has 2 aromatic rings. The first kappa shape index (κ1) is 19.9. The highest BCUT2D eigenvalue weighted by Crippen LogP contribution is 2.21. The van der Waals surface area contributed by atoms with Gasteiger partial charge in [-0.3, -0.25) is 4.79 Å². The molecule has 5 nitrogen and oxygen atoms in total. The quantitative estimate of drug-likeness (QED) is 0.762. The van der Waals surface area contributed by atoms with E-state index in [1.165, 1.54) is 5.56 Å². The smallest absolute Gasteiger partial charge is 0.321 e. The average molecular weight is 380 g/mol. The molecule has 28 heavy (non-hydrogen) atoms. The standard InChI is InChI=1S/C23H29N3O2/c27-22(12-11-19-7-3-1-4-8-19)24-16-13-20-14-17-26(18-15-20)23(28)25-21-9-5-2-6-10-21/h1-10,20H,11-18H2,(H,24,27)(H,25,28). The first-order valence-electron chi connectivity index (χ1n) is 10.1. The Morgan fingerprint density at radius 2 is 1.57 bits per heavy atom. The molecule has 1 saturated heterocycles. The highest BCUT2D eigenvalue weighted by atomic mass is 16.2. The molecule has 1 heterocycles. The fourth-order valence-corrected chi connectivity index (χ4v) is 3.56. The number of urea groups is 1. The zero-order valence-electron chi connectivity index (χ0n) is 16.3. The monoisotopic (exact) mass is 379 g/mol. The Kier molecular flexibility index (Phi) is 7.47. The highest BCUT2D eigenvalue weighted by Gasteiger charge is 2.22. The Morgan fingerprint density at radius 1 is 0.929 bits per heavy atom. The number of carbonyl (C=O) groups excluding carboxylic acids is 2. The number of para-hydroxylation sites is 1. The van der Waals surface area contributed by atoms with Crippen molar-refractivity contribution in [3.8, 4) is 0 Å². The Bertz CT molecular complexity index is 741. The van der Waals surface area contributed by atoms with Crippen LogP contribution in [0.25, 0.3) is 0 Å². The van der Waals surface area contributed by atoms with Gasteiger partial charge in [-0.25, -0.2) is 4.79 Å². The maximum atomic E-state index is 12.3. The third-order valence-corrected chi connectivity index (χ3v) is 5.29. The third kappa shape index (κ3) is 6.41. The minimum Gasteiger partial charge on any atom is -0.356 e. The molecule has 0 aliphatic carbocycles. The number of aryl methyl sites for hydroxylation is 1. The molecule has 0 unspecified atom stereocenters. The second kappa shape index (κ2) is 10.5. The van der Waals surface area contributed by atoms with Crippen LogP contribution in [0.1, 0.15) is 31.2 Å². The van der Waals surface area contributed by atoms with Crippen molar-refractivity contribution in [3.05, 3.63) is 66.2 Å². The fourth-order valence-electron chi connectivity index (χ4n) is 3.56. The molecule has 1 aliphatic rings. The number of hydrogen-bond acceptors (Lipinski definition) is 2. The molecule has 3 amide bonds. The van der Waals surface area contributed by atoms with Gasteiger partial charge in [-0.05, 0) is 49.3 Å². The van der Waals surface area contributed by atoms with Crippen LogP contribution in [0.3, 0.4) is 0 Å². The number of anilines is 1. The van der Waals surface area contributed by atoms with Gasteiger partial charge < -0.3 is 15.5 Å². The summed E-state index contributed by atoms with van der Waals surface area (Å²) in [7, 11) is 0. The van der Waals surface area contributed by atoms with Gasteiger partial charge in [-0.2, -0.15) is 0 Å². The summed E-state index contributed by atoms with van der Waals surface area (Å²) >= 11 is 0. The van der Waals surface area contributed by atoms with Crippen molar-refractivity contribution in [1.29, 1.82) is 0 Å². The van der Waals surface area contributed by atoms with Crippen molar-refractivity contribution in [2.24, 2.45) is 5.92 Å². The van der Waals surface area contributed by atoms with Gasteiger partial charge in [0, 0.05) is 31.7 Å². The lowest BCUT2D eigenvalue weighted by atomic mass is 9.93. The molecule has 1 aliphatic heterocycles. The predicted molar refractivity (Wildman–Crippen MR) is 112 cm³/mol. The van der Waals surface area contributed by atoms with Crippen LogP contribution in [0.5, 0.6) is 0 Å². The van der Waals surface area contributed by atoms with Gasteiger partial charge in [-0.1, -0.05) is 48.5 Å². The summed E-state index contributed by atoms with van der Waals surface area (Å²) in [4.78, 5) is 26.2. The molecule has 3 rings (SSSR count). The van der Waals surface area contributed by atoms with Gasteiger partial charge in [0.05, 0.1) is 0 Å². The molecule has 0 radical (unpaired) electrons. The number of rotatable bonds is 7. The van der Waals surface area contributed by atoms with Crippen LogP contribution in [-0.4, -0.2) is 36.5 Å². The van der Waals surface area contributed by atoms with Gasteiger partial charge in [0.15, 0.2) is 0 Å². The van der Waals surface area contributed by atoms with Gasteiger partial charge >= 0.3 is 6.03 Å². The van der Waals surface area contributed by atoms with E-state index in [0.717, 1.165) is 44.5 Å². The first-order chi connectivity index (χ1) is 13.7. The van der Waals surface area contributed by atoms with Gasteiger partial charge in [0.2, 0.25) is 5.91 Å². The number of amides is 3. The van der Waals surface area contributed by atoms with Crippen LogP contribution in [0.15, 0.2) is 60.7 Å². The van der Waals surface area contributed by atoms with E-state index in [0.29, 0.717) is 18.9 Å². The summed E-state index contributed by atoms with van der Waals surface area (Å²) in [5, 5.41) is 5.98. The second-order valence-corrected chi connectivity index (χ2v) is 7.35. The lowest BCUT2D eigenvalue weighted by Crippen LogP contribution is -2.41. The number of nitrogens with one attached hydrogen (secondary N) is 2. The number of hydrogen-bond donors (Lipinski definition) is 2. The van der Waals surface area contributed by atoms with Crippen molar-refractivity contribution in [2.75, 3.05) is 25.0 Å². The van der Waals surface area contributed by atoms with E-state index in [-0.39, 0.29) is 11.9 Å². The summed E-state index contributed by atoms with van der Waals surface area (Å²) < 4.78 is 0. The number of carbonyl (C=O) groups is 2. The Balaban J connectivity index is 1.29. The number of piperidine rings is 1. The Hall–Kier alpha value is -2.82. The van der Waals surface area contributed by atoms with Crippen molar-refractivity contribution in [3.63, 3.8) is 0 Å². The molecule has 0 saturated carbocycles. The molecule has 0 bridgehead atoms. The molecular weight excluding hydrogens is 350 g/mol. The first-order valence-corrected chi connectivity index (χ1v) is 10.1. The molecule has 0 aromatic heterocycles. The second-order valence-electron chi connectivity index (χ2n) is 7.35. The van der Waals surface area contributed by atoms with E-state index < -0.39 is 0 Å². The Morgan fingerprint density at radius 3 is 2.25 bits per heavy atom. The van der Waals surface area contributed by atoms with Crippen LogP contribution in [-0.2, 0) is 11.2 Å². The third-order valence-electron chi connectivity index (χ3n) is 5.29. The summed E-state index contributed by atoms with van der Waals surface area (Å²) in [6, 6.07) is 19.6. The SMILES string of the molecule is O=C(CCc1ccccc1)NCCC1CCN(C(=O)Nc2ccccc2)CC1. The van der Waals surface area contributed by atoms with E-state index in [4.69, 9.17) is 0 Å². The van der Waals surface area contributed by atoms with E-state index in [9.17, 15) is 9.59 Å². The number of nitrogens with zero attached hydrogens (tertiary/aromatic N) is 1. The maximum absolute atomic E-state index is 12.3. The molecule has 0 atom stereocenters. The van der Waals surface area contributed by atoms with E-state index in [2.05, 4.69) is 22.8 Å². The topological polar surface area (TPSA) is 61.4 Å². The lowest BCUT2D eigenvalue weighted by Gasteiger charge is -2.32. The van der Waals surface area contributed by atoms with Crippen LogP contribution in [0.4, 0.5) is 10.5 Å². The molecule has 2 N–H and O–H groups in total. The minimum absolute atomic E-state index is 0.0288. The number of likely N-dealkylation sites (tertiary alicyclic amines) is 1. The summed E-state index contributed by atoms with van der Waals surface area (Å²) in [6.45, 7) is 2.26. The summed E-state index contributed by atoms with van der Waals surface area (Å²) in [5.41, 5.74) is 2.02.